The van der Waals surface area contributed by atoms with Crippen molar-refractivity contribution in [2.24, 2.45) is 5.73 Å². The second kappa shape index (κ2) is 6.76. The van der Waals surface area contributed by atoms with Gasteiger partial charge in [-0.2, -0.15) is 5.26 Å². The lowest BCUT2D eigenvalue weighted by Gasteiger charge is -2.20. The van der Waals surface area contributed by atoms with Crippen LogP contribution < -0.4 is 10.5 Å². The Morgan fingerprint density at radius 1 is 1.20 bits per heavy atom. The topological polar surface area (TPSA) is 59.0 Å². The second-order valence-corrected chi connectivity index (χ2v) is 6.61. The molecule has 0 aliphatic heterocycles. The summed E-state index contributed by atoms with van der Waals surface area (Å²) in [5.74, 6) is 0.910. The Balaban J connectivity index is 2.38. The number of hydrogen-bond donors (Lipinski definition) is 1. The first kappa shape index (κ1) is 16.5. The number of nitriles is 1. The molecule has 0 heterocycles. The summed E-state index contributed by atoms with van der Waals surface area (Å²) in [6, 6.07) is 10.3. The zero-order valence-corrected chi connectivity index (χ0v) is 13.1. The van der Waals surface area contributed by atoms with Gasteiger partial charge in [0.05, 0.1) is 12.7 Å². The number of unbranched alkanes of at least 4 members (excludes halogenated alkanes) is 1. The summed E-state index contributed by atoms with van der Waals surface area (Å²) < 4.78 is 5.77. The van der Waals surface area contributed by atoms with E-state index < -0.39 is 5.54 Å². The third kappa shape index (κ3) is 5.63. The molecule has 0 spiro atoms. The zero-order chi connectivity index (χ0) is 15.2. The molecule has 0 bridgehead atoms. The zero-order valence-electron chi connectivity index (χ0n) is 13.1. The summed E-state index contributed by atoms with van der Waals surface area (Å²) in [6.07, 6.45) is 2.52. The van der Waals surface area contributed by atoms with Crippen molar-refractivity contribution in [2.45, 2.75) is 57.9 Å². The first-order chi connectivity index (χ1) is 9.24. The standard InChI is InChI=1S/C17H26N2O/c1-16(2,3)14-8-7-9-15(12-14)20-11-6-5-10-17(4,19)13-18/h7-9,12H,5-6,10-11,19H2,1-4H3. The lowest BCUT2D eigenvalue weighted by molar-refractivity contribution is 0.300. The van der Waals surface area contributed by atoms with Crippen molar-refractivity contribution in [3.05, 3.63) is 29.8 Å². The maximum atomic E-state index is 8.83. The minimum absolute atomic E-state index is 0.132. The van der Waals surface area contributed by atoms with Crippen LogP contribution in [0, 0.1) is 11.3 Å². The van der Waals surface area contributed by atoms with Crippen LogP contribution in [0.3, 0.4) is 0 Å². The van der Waals surface area contributed by atoms with Gasteiger partial charge in [-0.1, -0.05) is 32.9 Å². The fraction of sp³-hybridized carbons (Fsp3) is 0.588. The van der Waals surface area contributed by atoms with Crippen molar-refractivity contribution in [1.29, 1.82) is 5.26 Å². The predicted octanol–water partition coefficient (Wildman–Crippen LogP) is 3.77. The normalized spacial score (nSPS) is 14.4. The largest absolute Gasteiger partial charge is 0.494 e. The van der Waals surface area contributed by atoms with Crippen molar-refractivity contribution in [2.75, 3.05) is 6.61 Å². The minimum Gasteiger partial charge on any atom is -0.494 e. The molecule has 3 nitrogen and oxygen atoms in total. The number of hydrogen-bond acceptors (Lipinski definition) is 3. The molecule has 0 aliphatic rings. The average Bonchev–Trinajstić information content (AvgIpc) is 2.37. The Hall–Kier alpha value is -1.53. The fourth-order valence-electron chi connectivity index (χ4n) is 1.89. The third-order valence-electron chi connectivity index (χ3n) is 3.31. The van der Waals surface area contributed by atoms with E-state index in [9.17, 15) is 0 Å². The Morgan fingerprint density at radius 2 is 1.90 bits per heavy atom. The van der Waals surface area contributed by atoms with Crippen LogP contribution in [-0.4, -0.2) is 12.1 Å². The highest BCUT2D eigenvalue weighted by Gasteiger charge is 2.16. The Morgan fingerprint density at radius 3 is 2.50 bits per heavy atom. The van der Waals surface area contributed by atoms with Crippen LogP contribution in [-0.2, 0) is 5.41 Å². The van der Waals surface area contributed by atoms with Gasteiger partial charge in [-0.05, 0) is 49.3 Å². The first-order valence-electron chi connectivity index (χ1n) is 7.18. The molecule has 0 aliphatic carbocycles. The Kier molecular flexibility index (Phi) is 5.59. The molecule has 1 aromatic rings. The van der Waals surface area contributed by atoms with Crippen molar-refractivity contribution >= 4 is 0 Å². The molecule has 3 heteroatoms. The van der Waals surface area contributed by atoms with Gasteiger partial charge in [-0.15, -0.1) is 0 Å². The van der Waals surface area contributed by atoms with Crippen LogP contribution in [0.15, 0.2) is 24.3 Å². The molecule has 0 saturated carbocycles. The highest BCUT2D eigenvalue weighted by Crippen LogP contribution is 2.25. The number of nitrogens with zero attached hydrogens (tertiary/aromatic N) is 1. The van der Waals surface area contributed by atoms with E-state index in [2.05, 4.69) is 39.0 Å². The van der Waals surface area contributed by atoms with Gasteiger partial charge in [-0.25, -0.2) is 0 Å². The number of nitrogens with two attached hydrogens (primary N) is 1. The van der Waals surface area contributed by atoms with E-state index in [1.54, 1.807) is 6.92 Å². The maximum Gasteiger partial charge on any atom is 0.119 e. The van der Waals surface area contributed by atoms with Crippen molar-refractivity contribution in [3.8, 4) is 11.8 Å². The molecule has 0 aromatic heterocycles. The molecule has 0 saturated heterocycles. The molecule has 0 amide bonds. The summed E-state index contributed by atoms with van der Waals surface area (Å²) in [7, 11) is 0. The highest BCUT2D eigenvalue weighted by molar-refractivity contribution is 5.32. The van der Waals surface area contributed by atoms with Gasteiger partial charge >= 0.3 is 0 Å². The average molecular weight is 274 g/mol. The minimum atomic E-state index is -0.716. The summed E-state index contributed by atoms with van der Waals surface area (Å²) in [4.78, 5) is 0. The van der Waals surface area contributed by atoms with Crippen LogP contribution >= 0.6 is 0 Å². The highest BCUT2D eigenvalue weighted by atomic mass is 16.5. The van der Waals surface area contributed by atoms with E-state index in [1.165, 1.54) is 5.56 Å². The molecule has 1 aromatic carbocycles. The maximum absolute atomic E-state index is 8.83. The fourth-order valence-corrected chi connectivity index (χ4v) is 1.89. The van der Waals surface area contributed by atoms with Gasteiger partial charge in [0.15, 0.2) is 0 Å². The molecule has 110 valence electrons. The van der Waals surface area contributed by atoms with Crippen LogP contribution in [0.1, 0.15) is 52.5 Å². The second-order valence-electron chi connectivity index (χ2n) is 6.61. The summed E-state index contributed by atoms with van der Waals surface area (Å²) in [6.45, 7) is 9.00. The van der Waals surface area contributed by atoms with Crippen molar-refractivity contribution < 1.29 is 4.74 Å². The van der Waals surface area contributed by atoms with E-state index in [-0.39, 0.29) is 5.41 Å². The van der Waals surface area contributed by atoms with Gasteiger partial charge in [0.1, 0.15) is 11.3 Å². The molecule has 1 unspecified atom stereocenters. The summed E-state index contributed by atoms with van der Waals surface area (Å²) in [5.41, 5.74) is 6.46. The lowest BCUT2D eigenvalue weighted by atomic mass is 9.87. The monoisotopic (exact) mass is 274 g/mol. The number of rotatable bonds is 6. The van der Waals surface area contributed by atoms with Gasteiger partial charge in [0.25, 0.3) is 0 Å². The van der Waals surface area contributed by atoms with E-state index in [0.717, 1.165) is 18.6 Å². The number of ether oxygens (including phenoxy) is 1. The van der Waals surface area contributed by atoms with E-state index in [4.69, 9.17) is 15.7 Å². The Bertz CT molecular complexity index is 467. The van der Waals surface area contributed by atoms with Gasteiger partial charge in [-0.3, -0.25) is 0 Å². The molecular formula is C17H26N2O. The van der Waals surface area contributed by atoms with Gasteiger partial charge in [0.2, 0.25) is 0 Å². The van der Waals surface area contributed by atoms with Crippen LogP contribution in [0.4, 0.5) is 0 Å². The molecular weight excluding hydrogens is 248 g/mol. The van der Waals surface area contributed by atoms with Crippen molar-refractivity contribution in [1.82, 2.24) is 0 Å². The van der Waals surface area contributed by atoms with E-state index in [1.807, 2.05) is 12.1 Å². The third-order valence-corrected chi connectivity index (χ3v) is 3.31. The smallest absolute Gasteiger partial charge is 0.119 e. The summed E-state index contributed by atoms with van der Waals surface area (Å²) >= 11 is 0. The molecule has 2 N–H and O–H groups in total. The van der Waals surface area contributed by atoms with Gasteiger partial charge in [0, 0.05) is 0 Å². The number of benzene rings is 1. The Labute approximate surface area is 122 Å². The van der Waals surface area contributed by atoms with Crippen molar-refractivity contribution in [3.63, 3.8) is 0 Å². The molecule has 0 radical (unpaired) electrons. The lowest BCUT2D eigenvalue weighted by Crippen LogP contribution is -2.33. The molecule has 1 rings (SSSR count). The molecule has 20 heavy (non-hydrogen) atoms. The van der Waals surface area contributed by atoms with Crippen LogP contribution in [0.25, 0.3) is 0 Å². The SMILES string of the molecule is CC(N)(C#N)CCCCOc1cccc(C(C)(C)C)c1. The summed E-state index contributed by atoms with van der Waals surface area (Å²) in [5, 5.41) is 8.83. The quantitative estimate of drug-likeness (QED) is 0.803. The molecule has 0 fully saturated rings. The predicted molar refractivity (Wildman–Crippen MR) is 82.7 cm³/mol. The van der Waals surface area contributed by atoms with E-state index >= 15 is 0 Å². The van der Waals surface area contributed by atoms with Crippen LogP contribution in [0.2, 0.25) is 0 Å². The first-order valence-corrected chi connectivity index (χ1v) is 7.18. The van der Waals surface area contributed by atoms with Gasteiger partial charge < -0.3 is 10.5 Å². The van der Waals surface area contributed by atoms with Crippen LogP contribution in [0.5, 0.6) is 5.75 Å². The molecule has 1 atom stereocenters. The van der Waals surface area contributed by atoms with E-state index in [0.29, 0.717) is 13.0 Å².